The molecule has 1 aliphatic rings. The smallest absolute Gasteiger partial charge is 0.358 e. The first kappa shape index (κ1) is 12.1. The minimum Gasteiger partial charge on any atom is -0.476 e. The van der Waals surface area contributed by atoms with Gasteiger partial charge in [-0.25, -0.2) is 9.48 Å². The maximum atomic E-state index is 11.1. The summed E-state index contributed by atoms with van der Waals surface area (Å²) in [5.41, 5.74) is 0.921. The molecule has 1 aromatic rings. The summed E-state index contributed by atoms with van der Waals surface area (Å²) in [6, 6.07) is 0. The van der Waals surface area contributed by atoms with E-state index in [-0.39, 0.29) is 5.69 Å². The summed E-state index contributed by atoms with van der Waals surface area (Å²) in [5.74, 6) is 0.267. The van der Waals surface area contributed by atoms with Crippen LogP contribution in [0.5, 0.6) is 0 Å². The fraction of sp³-hybridized carbons (Fsp3) is 0.750. The molecule has 17 heavy (non-hydrogen) atoms. The maximum Gasteiger partial charge on any atom is 0.358 e. The van der Waals surface area contributed by atoms with E-state index in [1.807, 2.05) is 0 Å². The van der Waals surface area contributed by atoms with Crippen molar-refractivity contribution in [2.45, 2.75) is 46.1 Å². The first-order chi connectivity index (χ1) is 8.08. The minimum atomic E-state index is -0.967. The molecule has 94 valence electrons. The van der Waals surface area contributed by atoms with Crippen LogP contribution in [0.1, 0.15) is 49.3 Å². The summed E-state index contributed by atoms with van der Waals surface area (Å²) in [7, 11) is 0. The van der Waals surface area contributed by atoms with Gasteiger partial charge in [0.25, 0.3) is 0 Å². The van der Waals surface area contributed by atoms with Crippen molar-refractivity contribution in [3.05, 3.63) is 11.4 Å². The summed E-state index contributed by atoms with van der Waals surface area (Å²) < 4.78 is 1.80. The lowest BCUT2D eigenvalue weighted by molar-refractivity contribution is 0.0689. The Bertz CT molecular complexity index is 408. The van der Waals surface area contributed by atoms with E-state index in [1.165, 1.54) is 12.8 Å². The molecule has 0 atom stereocenters. The Kier molecular flexibility index (Phi) is 3.45. The van der Waals surface area contributed by atoms with Crippen LogP contribution in [0.4, 0.5) is 0 Å². The first-order valence-electron chi connectivity index (χ1n) is 6.23. The van der Waals surface area contributed by atoms with Crippen LogP contribution in [-0.4, -0.2) is 26.1 Å². The zero-order chi connectivity index (χ0) is 12.4. The SMILES string of the molecule is CC(C)CCc1c(C(=O)O)nnn1CC1CC1. The molecule has 1 heterocycles. The summed E-state index contributed by atoms with van der Waals surface area (Å²) in [6.07, 6.45) is 4.18. The molecule has 5 heteroatoms. The Morgan fingerprint density at radius 1 is 1.53 bits per heavy atom. The van der Waals surface area contributed by atoms with Gasteiger partial charge in [-0.2, -0.15) is 0 Å². The van der Waals surface area contributed by atoms with Crippen LogP contribution < -0.4 is 0 Å². The van der Waals surface area contributed by atoms with Crippen molar-refractivity contribution >= 4 is 5.97 Å². The van der Waals surface area contributed by atoms with E-state index in [2.05, 4.69) is 24.2 Å². The highest BCUT2D eigenvalue weighted by Gasteiger charge is 2.26. The first-order valence-corrected chi connectivity index (χ1v) is 6.23. The average molecular weight is 237 g/mol. The maximum absolute atomic E-state index is 11.1. The van der Waals surface area contributed by atoms with Crippen LogP contribution in [0.25, 0.3) is 0 Å². The molecule has 2 rings (SSSR count). The molecule has 1 saturated carbocycles. The lowest BCUT2D eigenvalue weighted by Gasteiger charge is -2.08. The molecule has 1 fully saturated rings. The van der Waals surface area contributed by atoms with Crippen molar-refractivity contribution in [3.63, 3.8) is 0 Å². The highest BCUT2D eigenvalue weighted by molar-refractivity contribution is 5.86. The van der Waals surface area contributed by atoms with E-state index >= 15 is 0 Å². The molecule has 1 aliphatic carbocycles. The van der Waals surface area contributed by atoms with Gasteiger partial charge in [0, 0.05) is 6.54 Å². The highest BCUT2D eigenvalue weighted by Crippen LogP contribution is 2.31. The molecule has 0 bridgehead atoms. The Morgan fingerprint density at radius 2 is 2.24 bits per heavy atom. The molecular formula is C12H19N3O2. The lowest BCUT2D eigenvalue weighted by Crippen LogP contribution is -2.10. The fourth-order valence-corrected chi connectivity index (χ4v) is 1.86. The van der Waals surface area contributed by atoms with Crippen LogP contribution in [-0.2, 0) is 13.0 Å². The van der Waals surface area contributed by atoms with Gasteiger partial charge in [-0.3, -0.25) is 0 Å². The van der Waals surface area contributed by atoms with Gasteiger partial charge in [0.15, 0.2) is 5.69 Å². The number of hydrogen-bond acceptors (Lipinski definition) is 3. The quantitative estimate of drug-likeness (QED) is 0.821. The molecule has 0 radical (unpaired) electrons. The Morgan fingerprint density at radius 3 is 2.76 bits per heavy atom. The van der Waals surface area contributed by atoms with Gasteiger partial charge in [-0.15, -0.1) is 5.10 Å². The van der Waals surface area contributed by atoms with Crippen molar-refractivity contribution in [2.75, 3.05) is 0 Å². The van der Waals surface area contributed by atoms with Gasteiger partial charge in [-0.05, 0) is 37.5 Å². The van der Waals surface area contributed by atoms with Gasteiger partial charge >= 0.3 is 5.97 Å². The number of rotatable bonds is 6. The largest absolute Gasteiger partial charge is 0.476 e. The number of carboxylic acids is 1. The summed E-state index contributed by atoms with van der Waals surface area (Å²) in [5, 5.41) is 16.8. The average Bonchev–Trinajstić information content (AvgIpc) is 2.95. The summed E-state index contributed by atoms with van der Waals surface area (Å²) >= 11 is 0. The summed E-state index contributed by atoms with van der Waals surface area (Å²) in [6.45, 7) is 5.10. The second-order valence-corrected chi connectivity index (χ2v) is 5.25. The monoisotopic (exact) mass is 237 g/mol. The molecule has 5 nitrogen and oxygen atoms in total. The van der Waals surface area contributed by atoms with E-state index < -0.39 is 5.97 Å². The second kappa shape index (κ2) is 4.85. The normalized spacial score (nSPS) is 15.5. The predicted molar refractivity (Wildman–Crippen MR) is 62.9 cm³/mol. The fourth-order valence-electron chi connectivity index (χ4n) is 1.86. The Labute approximate surface area is 101 Å². The van der Waals surface area contributed by atoms with E-state index in [1.54, 1.807) is 4.68 Å². The van der Waals surface area contributed by atoms with Gasteiger partial charge in [-0.1, -0.05) is 19.1 Å². The van der Waals surface area contributed by atoms with Crippen LogP contribution in [0.15, 0.2) is 0 Å². The van der Waals surface area contributed by atoms with E-state index in [0.29, 0.717) is 11.8 Å². The minimum absolute atomic E-state index is 0.131. The van der Waals surface area contributed by atoms with Crippen LogP contribution in [0.3, 0.4) is 0 Å². The number of hydrogen-bond donors (Lipinski definition) is 1. The van der Waals surface area contributed by atoms with Gasteiger partial charge in [0.05, 0.1) is 5.69 Å². The Hall–Kier alpha value is -1.39. The van der Waals surface area contributed by atoms with Crippen molar-refractivity contribution in [1.82, 2.24) is 15.0 Å². The molecule has 0 saturated heterocycles. The molecule has 0 aromatic carbocycles. The summed E-state index contributed by atoms with van der Waals surface area (Å²) in [4.78, 5) is 11.1. The van der Waals surface area contributed by atoms with Crippen LogP contribution in [0.2, 0.25) is 0 Å². The van der Waals surface area contributed by atoms with Crippen LogP contribution in [0, 0.1) is 11.8 Å². The van der Waals surface area contributed by atoms with E-state index in [0.717, 1.165) is 25.1 Å². The molecule has 0 aliphatic heterocycles. The highest BCUT2D eigenvalue weighted by atomic mass is 16.4. The third-order valence-electron chi connectivity index (χ3n) is 3.13. The molecule has 0 unspecified atom stereocenters. The number of carboxylic acid groups (broad SMARTS) is 1. The lowest BCUT2D eigenvalue weighted by atomic mass is 10.1. The predicted octanol–water partition coefficient (Wildman–Crippen LogP) is 1.97. The number of aromatic nitrogens is 3. The zero-order valence-electron chi connectivity index (χ0n) is 10.4. The number of nitrogens with zero attached hydrogens (tertiary/aromatic N) is 3. The Balaban J connectivity index is 2.15. The molecule has 1 aromatic heterocycles. The molecular weight excluding hydrogens is 218 g/mol. The molecule has 0 spiro atoms. The third-order valence-corrected chi connectivity index (χ3v) is 3.13. The number of aromatic carboxylic acids is 1. The van der Waals surface area contributed by atoms with Crippen molar-refractivity contribution in [1.29, 1.82) is 0 Å². The number of carbonyl (C=O) groups is 1. The standard InChI is InChI=1S/C12H19N3O2/c1-8(2)3-6-10-11(12(16)17)13-14-15(10)7-9-4-5-9/h8-9H,3-7H2,1-2H3,(H,16,17). The second-order valence-electron chi connectivity index (χ2n) is 5.25. The van der Waals surface area contributed by atoms with E-state index in [4.69, 9.17) is 5.11 Å². The van der Waals surface area contributed by atoms with Gasteiger partial charge in [0.1, 0.15) is 0 Å². The van der Waals surface area contributed by atoms with E-state index in [9.17, 15) is 4.79 Å². The molecule has 0 amide bonds. The van der Waals surface area contributed by atoms with Gasteiger partial charge < -0.3 is 5.11 Å². The van der Waals surface area contributed by atoms with Crippen molar-refractivity contribution in [3.8, 4) is 0 Å². The van der Waals surface area contributed by atoms with Crippen molar-refractivity contribution < 1.29 is 9.90 Å². The molecule has 1 N–H and O–H groups in total. The van der Waals surface area contributed by atoms with Crippen molar-refractivity contribution in [2.24, 2.45) is 11.8 Å². The van der Waals surface area contributed by atoms with Crippen LogP contribution >= 0.6 is 0 Å². The topological polar surface area (TPSA) is 68.0 Å². The van der Waals surface area contributed by atoms with Gasteiger partial charge in [0.2, 0.25) is 0 Å². The zero-order valence-corrected chi connectivity index (χ0v) is 10.4. The third kappa shape index (κ3) is 3.05.